The van der Waals surface area contributed by atoms with Crippen molar-refractivity contribution in [3.63, 3.8) is 0 Å². The molecule has 2 aromatic heterocycles. The number of aromatic nitrogens is 2. The third-order valence-electron chi connectivity index (χ3n) is 5.01. The van der Waals surface area contributed by atoms with Gasteiger partial charge in [-0.25, -0.2) is 18.2 Å². The monoisotopic (exact) mass is 411 g/mol. The van der Waals surface area contributed by atoms with E-state index < -0.39 is 29.8 Å². The Bertz CT molecular complexity index is 1180. The van der Waals surface area contributed by atoms with E-state index in [1.54, 1.807) is 0 Å². The number of guanidine groups is 1. The average molecular weight is 411 g/mol. The molecule has 30 heavy (non-hydrogen) atoms. The number of pyridine rings is 2. The van der Waals surface area contributed by atoms with Gasteiger partial charge in [0, 0.05) is 47.9 Å². The highest BCUT2D eigenvalue weighted by atomic mass is 19.1. The second-order valence-corrected chi connectivity index (χ2v) is 6.85. The summed E-state index contributed by atoms with van der Waals surface area (Å²) in [7, 11) is 1.45. The Hall–Kier alpha value is -3.75. The Kier molecular flexibility index (Phi) is 4.73. The van der Waals surface area contributed by atoms with Crippen LogP contribution in [0.4, 0.5) is 13.2 Å². The lowest BCUT2D eigenvalue weighted by Gasteiger charge is -2.26. The minimum Gasteiger partial charge on any atom is -0.369 e. The minimum atomic E-state index is -1.68. The summed E-state index contributed by atoms with van der Waals surface area (Å²) in [5, 5.41) is 0. The average Bonchev–Trinajstić information content (AvgIpc) is 2.99. The number of amides is 1. The zero-order valence-electron chi connectivity index (χ0n) is 15.8. The number of carbonyl (C=O) groups excluding carboxylic acids is 1. The van der Waals surface area contributed by atoms with Gasteiger partial charge in [-0.15, -0.1) is 0 Å². The molecule has 9 heteroatoms. The fourth-order valence-corrected chi connectivity index (χ4v) is 3.47. The van der Waals surface area contributed by atoms with Crippen LogP contribution in [0.1, 0.15) is 16.7 Å². The topological polar surface area (TPSA) is 84.5 Å². The Labute approximate surface area is 169 Å². The van der Waals surface area contributed by atoms with Gasteiger partial charge in [0.2, 0.25) is 0 Å². The quantitative estimate of drug-likeness (QED) is 0.716. The van der Waals surface area contributed by atoms with Crippen molar-refractivity contribution in [3.8, 4) is 11.1 Å². The van der Waals surface area contributed by atoms with Crippen LogP contribution in [-0.4, -0.2) is 33.8 Å². The number of hydrogen-bond acceptors (Lipinski definition) is 5. The highest BCUT2D eigenvalue weighted by molar-refractivity contribution is 6.09. The van der Waals surface area contributed by atoms with Crippen molar-refractivity contribution in [1.29, 1.82) is 0 Å². The van der Waals surface area contributed by atoms with Crippen LogP contribution in [0.3, 0.4) is 0 Å². The lowest BCUT2D eigenvalue weighted by Crippen LogP contribution is -2.41. The van der Waals surface area contributed by atoms with E-state index in [1.165, 1.54) is 43.8 Å². The summed E-state index contributed by atoms with van der Waals surface area (Å²) in [5.74, 6) is -1.82. The number of aliphatic imine (C=N–C) groups is 1. The second-order valence-electron chi connectivity index (χ2n) is 6.85. The third kappa shape index (κ3) is 2.99. The number of likely N-dealkylation sites (N-methyl/N-ethyl adjacent to an activating group) is 1. The van der Waals surface area contributed by atoms with Gasteiger partial charge >= 0.3 is 0 Å². The van der Waals surface area contributed by atoms with Crippen LogP contribution in [0, 0.1) is 11.6 Å². The highest BCUT2D eigenvalue weighted by Gasteiger charge is 2.50. The summed E-state index contributed by atoms with van der Waals surface area (Å²) >= 11 is 0. The lowest BCUT2D eigenvalue weighted by molar-refractivity contribution is -0.129. The van der Waals surface area contributed by atoms with Crippen LogP contribution >= 0.6 is 0 Å². The SMILES string of the molecule is CN1C(=O)C(c2cncc(CF)c2)(c2ccc(F)c(-c3cncc(F)c3)c2)N=C1N. The van der Waals surface area contributed by atoms with Crippen molar-refractivity contribution in [3.05, 3.63) is 83.4 Å². The van der Waals surface area contributed by atoms with Gasteiger partial charge in [0.15, 0.2) is 11.5 Å². The van der Waals surface area contributed by atoms with Gasteiger partial charge in [-0.3, -0.25) is 19.7 Å². The number of benzene rings is 1. The maximum absolute atomic E-state index is 14.6. The first-order valence-electron chi connectivity index (χ1n) is 8.91. The van der Waals surface area contributed by atoms with Crippen LogP contribution < -0.4 is 5.73 Å². The zero-order valence-corrected chi connectivity index (χ0v) is 15.8. The van der Waals surface area contributed by atoms with Gasteiger partial charge in [-0.1, -0.05) is 6.07 Å². The normalized spacial score (nSPS) is 18.6. The van der Waals surface area contributed by atoms with E-state index in [1.807, 2.05) is 0 Å². The van der Waals surface area contributed by atoms with E-state index in [2.05, 4.69) is 15.0 Å². The first-order valence-corrected chi connectivity index (χ1v) is 8.91. The predicted octanol–water partition coefficient (Wildman–Crippen LogP) is 2.92. The Balaban J connectivity index is 1.98. The molecule has 4 rings (SSSR count). The van der Waals surface area contributed by atoms with Crippen molar-refractivity contribution in [2.75, 3.05) is 7.05 Å². The number of rotatable bonds is 4. The molecule has 0 saturated carbocycles. The Morgan fingerprint density at radius 2 is 1.80 bits per heavy atom. The molecule has 1 aliphatic rings. The second kappa shape index (κ2) is 7.25. The minimum absolute atomic E-state index is 0.0320. The van der Waals surface area contributed by atoms with E-state index in [9.17, 15) is 18.0 Å². The van der Waals surface area contributed by atoms with Gasteiger partial charge in [0.05, 0.1) is 6.20 Å². The standard InChI is InChI=1S/C21H16F3N5O/c1-29-19(30)21(28-20(29)25,15-4-12(7-22)8-26-10-15)14-2-3-18(24)17(6-14)13-5-16(23)11-27-9-13/h2-6,8-11H,7H2,1H3,(H2,25,28). The summed E-state index contributed by atoms with van der Waals surface area (Å²) < 4.78 is 41.5. The van der Waals surface area contributed by atoms with Crippen LogP contribution in [0.15, 0.2) is 60.1 Å². The number of nitrogens with two attached hydrogens (primary N) is 1. The van der Waals surface area contributed by atoms with E-state index in [0.29, 0.717) is 0 Å². The summed E-state index contributed by atoms with van der Waals surface area (Å²) in [6.45, 7) is -0.788. The Morgan fingerprint density at radius 1 is 1.03 bits per heavy atom. The summed E-state index contributed by atoms with van der Waals surface area (Å²) in [6.07, 6.45) is 5.03. The molecule has 0 spiro atoms. The summed E-state index contributed by atoms with van der Waals surface area (Å²) in [5.41, 5.74) is 5.27. The van der Waals surface area contributed by atoms with Crippen LogP contribution in [-0.2, 0) is 17.0 Å². The van der Waals surface area contributed by atoms with Crippen molar-refractivity contribution in [2.24, 2.45) is 10.7 Å². The molecule has 0 saturated heterocycles. The molecule has 0 radical (unpaired) electrons. The van der Waals surface area contributed by atoms with Gasteiger partial charge < -0.3 is 5.73 Å². The van der Waals surface area contributed by atoms with Crippen molar-refractivity contribution >= 4 is 11.9 Å². The highest BCUT2D eigenvalue weighted by Crippen LogP contribution is 2.41. The molecular formula is C21H16F3N5O. The molecule has 3 heterocycles. The molecule has 1 amide bonds. The van der Waals surface area contributed by atoms with Crippen molar-refractivity contribution in [1.82, 2.24) is 14.9 Å². The van der Waals surface area contributed by atoms with E-state index >= 15 is 0 Å². The van der Waals surface area contributed by atoms with Gasteiger partial charge in [0.1, 0.15) is 18.3 Å². The number of alkyl halides is 1. The first-order chi connectivity index (χ1) is 14.4. The molecule has 1 aromatic carbocycles. The summed E-state index contributed by atoms with van der Waals surface area (Å²) in [4.78, 5) is 26.6. The molecule has 0 bridgehead atoms. The molecule has 0 aliphatic carbocycles. The lowest BCUT2D eigenvalue weighted by atomic mass is 9.82. The van der Waals surface area contributed by atoms with E-state index in [4.69, 9.17) is 5.73 Å². The number of nitrogens with zero attached hydrogens (tertiary/aromatic N) is 4. The predicted molar refractivity (Wildman–Crippen MR) is 104 cm³/mol. The number of hydrogen-bond donors (Lipinski definition) is 1. The van der Waals surface area contributed by atoms with Gasteiger partial charge in [-0.2, -0.15) is 0 Å². The third-order valence-corrected chi connectivity index (χ3v) is 5.01. The molecule has 1 unspecified atom stereocenters. The van der Waals surface area contributed by atoms with Gasteiger partial charge in [-0.05, 0) is 29.8 Å². The first kappa shape index (κ1) is 19.6. The van der Waals surface area contributed by atoms with Crippen molar-refractivity contribution in [2.45, 2.75) is 12.2 Å². The summed E-state index contributed by atoms with van der Waals surface area (Å²) in [6, 6.07) is 6.53. The molecule has 152 valence electrons. The van der Waals surface area contributed by atoms with Gasteiger partial charge in [0.25, 0.3) is 5.91 Å². The van der Waals surface area contributed by atoms with Crippen LogP contribution in [0.5, 0.6) is 0 Å². The molecule has 1 aliphatic heterocycles. The maximum atomic E-state index is 14.6. The fraction of sp³-hybridized carbons (Fsp3) is 0.143. The Morgan fingerprint density at radius 3 is 2.47 bits per heavy atom. The van der Waals surface area contributed by atoms with Crippen molar-refractivity contribution < 1.29 is 18.0 Å². The molecule has 2 N–H and O–H groups in total. The van der Waals surface area contributed by atoms with E-state index in [0.717, 1.165) is 23.2 Å². The van der Waals surface area contributed by atoms with E-state index in [-0.39, 0.29) is 33.8 Å². The van der Waals surface area contributed by atoms with Crippen LogP contribution in [0.2, 0.25) is 0 Å². The zero-order chi connectivity index (χ0) is 21.5. The molecule has 1 atom stereocenters. The number of halogens is 3. The molecule has 0 fully saturated rings. The number of carbonyl (C=O) groups is 1. The largest absolute Gasteiger partial charge is 0.369 e. The smallest absolute Gasteiger partial charge is 0.266 e. The molecule has 3 aromatic rings. The molecular weight excluding hydrogens is 395 g/mol. The fourth-order valence-electron chi connectivity index (χ4n) is 3.47. The van der Waals surface area contributed by atoms with Crippen LogP contribution in [0.25, 0.3) is 11.1 Å². The molecule has 6 nitrogen and oxygen atoms in total. The maximum Gasteiger partial charge on any atom is 0.266 e.